The Balaban J connectivity index is 1.26. The summed E-state index contributed by atoms with van der Waals surface area (Å²) in [6.07, 6.45) is 3.43. The molecule has 1 aromatic carbocycles. The fraction of sp³-hybridized carbons (Fsp3) is 0.263. The van der Waals surface area contributed by atoms with Crippen molar-refractivity contribution in [2.24, 2.45) is 0 Å². The fourth-order valence-corrected chi connectivity index (χ4v) is 3.29. The van der Waals surface area contributed by atoms with Crippen LogP contribution in [-0.4, -0.2) is 53.1 Å². The number of benzene rings is 1. The minimum Gasteiger partial charge on any atom is -0.454 e. The van der Waals surface area contributed by atoms with Crippen molar-refractivity contribution in [1.29, 1.82) is 0 Å². The Morgan fingerprint density at radius 3 is 2.64 bits per heavy atom. The molecule has 5 rings (SSSR count). The Hall–Kier alpha value is -3.62. The predicted octanol–water partition coefficient (Wildman–Crippen LogP) is 2.07. The molecule has 2 aliphatic heterocycles. The van der Waals surface area contributed by atoms with Crippen molar-refractivity contribution in [3.63, 3.8) is 0 Å². The van der Waals surface area contributed by atoms with E-state index in [1.807, 2.05) is 42.6 Å². The largest absolute Gasteiger partial charge is 0.454 e. The van der Waals surface area contributed by atoms with Gasteiger partial charge in [-0.25, -0.2) is 4.98 Å². The van der Waals surface area contributed by atoms with E-state index in [-0.39, 0.29) is 6.79 Å². The number of hydrogen-bond donors (Lipinski definition) is 1. The second kappa shape index (κ2) is 7.18. The van der Waals surface area contributed by atoms with Crippen LogP contribution in [0.1, 0.15) is 0 Å². The molecule has 9 nitrogen and oxygen atoms in total. The third-order valence-electron chi connectivity index (χ3n) is 4.73. The standard InChI is InChI=1S/C19H19N7O2/c1-2-6-20-18(3-1)25-7-9-26(10-8-25)19-23-17(12-21-24-19)22-14-4-5-15-16(11-14)28-13-27-15/h1-6,11-12H,7-10,13H2,(H,22,23,24). The molecule has 0 spiro atoms. The lowest BCUT2D eigenvalue weighted by Crippen LogP contribution is -2.47. The summed E-state index contributed by atoms with van der Waals surface area (Å²) < 4.78 is 10.8. The summed E-state index contributed by atoms with van der Waals surface area (Å²) >= 11 is 0. The summed E-state index contributed by atoms with van der Waals surface area (Å²) in [7, 11) is 0. The molecule has 2 aliphatic rings. The van der Waals surface area contributed by atoms with Crippen molar-refractivity contribution < 1.29 is 9.47 Å². The number of piperazine rings is 1. The normalized spacial score (nSPS) is 15.6. The summed E-state index contributed by atoms with van der Waals surface area (Å²) in [4.78, 5) is 13.4. The Kier molecular flexibility index (Phi) is 4.24. The zero-order valence-corrected chi connectivity index (χ0v) is 15.2. The molecule has 9 heteroatoms. The van der Waals surface area contributed by atoms with Crippen LogP contribution in [0, 0.1) is 0 Å². The zero-order chi connectivity index (χ0) is 18.8. The number of nitrogens with one attached hydrogen (secondary N) is 1. The molecular weight excluding hydrogens is 358 g/mol. The average molecular weight is 377 g/mol. The van der Waals surface area contributed by atoms with Gasteiger partial charge < -0.3 is 24.6 Å². The number of anilines is 4. The Morgan fingerprint density at radius 2 is 1.79 bits per heavy atom. The molecule has 1 N–H and O–H groups in total. The van der Waals surface area contributed by atoms with E-state index in [0.29, 0.717) is 11.8 Å². The van der Waals surface area contributed by atoms with E-state index in [1.165, 1.54) is 0 Å². The summed E-state index contributed by atoms with van der Waals surface area (Å²) in [5.74, 6) is 3.72. The van der Waals surface area contributed by atoms with Crippen molar-refractivity contribution in [3.05, 3.63) is 48.8 Å². The first kappa shape index (κ1) is 16.5. The van der Waals surface area contributed by atoms with Gasteiger partial charge in [0.2, 0.25) is 12.7 Å². The maximum Gasteiger partial charge on any atom is 0.247 e. The lowest BCUT2D eigenvalue weighted by Gasteiger charge is -2.35. The second-order valence-corrected chi connectivity index (χ2v) is 6.50. The SMILES string of the molecule is c1ccc(N2CCN(c3nncc(Nc4ccc5c(c4)OCO5)n3)CC2)nc1. The molecular formula is C19H19N7O2. The van der Waals surface area contributed by atoms with Crippen molar-refractivity contribution >= 4 is 23.3 Å². The molecule has 28 heavy (non-hydrogen) atoms. The van der Waals surface area contributed by atoms with Crippen molar-refractivity contribution in [2.75, 3.05) is 48.1 Å². The van der Waals surface area contributed by atoms with Crippen LogP contribution in [0.15, 0.2) is 48.8 Å². The van der Waals surface area contributed by atoms with E-state index in [1.54, 1.807) is 6.20 Å². The Labute approximate surface area is 162 Å². The maximum absolute atomic E-state index is 5.41. The van der Waals surface area contributed by atoms with Crippen LogP contribution in [0.2, 0.25) is 0 Å². The minimum atomic E-state index is 0.252. The third kappa shape index (κ3) is 3.34. The lowest BCUT2D eigenvalue weighted by molar-refractivity contribution is 0.174. The molecule has 0 atom stereocenters. The second-order valence-electron chi connectivity index (χ2n) is 6.50. The maximum atomic E-state index is 5.41. The van der Waals surface area contributed by atoms with Crippen LogP contribution in [0.3, 0.4) is 0 Å². The molecule has 0 amide bonds. The molecule has 0 saturated carbocycles. The first-order chi connectivity index (χ1) is 13.8. The van der Waals surface area contributed by atoms with Gasteiger partial charge in [0.1, 0.15) is 5.82 Å². The van der Waals surface area contributed by atoms with Crippen LogP contribution in [0.4, 0.5) is 23.3 Å². The summed E-state index contributed by atoms with van der Waals surface area (Å²) in [6.45, 7) is 3.60. The van der Waals surface area contributed by atoms with E-state index in [4.69, 9.17) is 9.47 Å². The van der Waals surface area contributed by atoms with E-state index in [9.17, 15) is 0 Å². The van der Waals surface area contributed by atoms with Gasteiger partial charge in [-0.2, -0.15) is 10.1 Å². The molecule has 2 aromatic heterocycles. The quantitative estimate of drug-likeness (QED) is 0.734. The summed E-state index contributed by atoms with van der Waals surface area (Å²) in [5, 5.41) is 11.6. The minimum absolute atomic E-state index is 0.252. The highest BCUT2D eigenvalue weighted by Crippen LogP contribution is 2.34. The van der Waals surface area contributed by atoms with Gasteiger partial charge >= 0.3 is 0 Å². The van der Waals surface area contributed by atoms with Crippen LogP contribution in [0.5, 0.6) is 11.5 Å². The number of aromatic nitrogens is 4. The lowest BCUT2D eigenvalue weighted by atomic mass is 10.3. The van der Waals surface area contributed by atoms with Crippen LogP contribution in [-0.2, 0) is 0 Å². The molecule has 0 bridgehead atoms. The number of nitrogens with zero attached hydrogens (tertiary/aromatic N) is 6. The van der Waals surface area contributed by atoms with Gasteiger partial charge in [0, 0.05) is 44.1 Å². The van der Waals surface area contributed by atoms with Gasteiger partial charge in [-0.3, -0.25) is 0 Å². The van der Waals surface area contributed by atoms with E-state index < -0.39 is 0 Å². The fourth-order valence-electron chi connectivity index (χ4n) is 3.29. The van der Waals surface area contributed by atoms with Crippen LogP contribution >= 0.6 is 0 Å². The predicted molar refractivity (Wildman–Crippen MR) is 104 cm³/mol. The van der Waals surface area contributed by atoms with E-state index in [0.717, 1.165) is 49.2 Å². The number of hydrogen-bond acceptors (Lipinski definition) is 9. The Bertz CT molecular complexity index is 962. The average Bonchev–Trinajstić information content (AvgIpc) is 3.23. The van der Waals surface area contributed by atoms with Gasteiger partial charge in [0.15, 0.2) is 17.3 Å². The van der Waals surface area contributed by atoms with E-state index in [2.05, 4.69) is 35.3 Å². The third-order valence-corrected chi connectivity index (χ3v) is 4.73. The van der Waals surface area contributed by atoms with E-state index >= 15 is 0 Å². The first-order valence-corrected chi connectivity index (χ1v) is 9.12. The van der Waals surface area contributed by atoms with Crippen molar-refractivity contribution in [3.8, 4) is 11.5 Å². The number of ether oxygens (including phenoxy) is 2. The Morgan fingerprint density at radius 1 is 0.929 bits per heavy atom. The van der Waals surface area contributed by atoms with Gasteiger partial charge in [0.05, 0.1) is 6.20 Å². The molecule has 3 aromatic rings. The van der Waals surface area contributed by atoms with Crippen LogP contribution < -0.4 is 24.6 Å². The van der Waals surface area contributed by atoms with Gasteiger partial charge in [-0.15, -0.1) is 5.10 Å². The van der Waals surface area contributed by atoms with Gasteiger partial charge in [-0.1, -0.05) is 6.07 Å². The summed E-state index contributed by atoms with van der Waals surface area (Å²) in [6, 6.07) is 11.6. The highest BCUT2D eigenvalue weighted by Gasteiger charge is 2.20. The molecule has 4 heterocycles. The highest BCUT2D eigenvalue weighted by molar-refractivity contribution is 5.62. The smallest absolute Gasteiger partial charge is 0.247 e. The van der Waals surface area contributed by atoms with Crippen LogP contribution in [0.25, 0.3) is 0 Å². The summed E-state index contributed by atoms with van der Waals surface area (Å²) in [5.41, 5.74) is 0.857. The first-order valence-electron chi connectivity index (χ1n) is 9.12. The zero-order valence-electron chi connectivity index (χ0n) is 15.2. The number of pyridine rings is 1. The molecule has 0 aliphatic carbocycles. The van der Waals surface area contributed by atoms with Crippen molar-refractivity contribution in [1.82, 2.24) is 20.2 Å². The number of fused-ring (bicyclic) bond motifs is 1. The van der Waals surface area contributed by atoms with Crippen molar-refractivity contribution in [2.45, 2.75) is 0 Å². The molecule has 0 unspecified atom stereocenters. The molecule has 142 valence electrons. The van der Waals surface area contributed by atoms with Gasteiger partial charge in [0.25, 0.3) is 0 Å². The number of rotatable bonds is 4. The van der Waals surface area contributed by atoms with Gasteiger partial charge in [-0.05, 0) is 24.3 Å². The topological polar surface area (TPSA) is 88.5 Å². The monoisotopic (exact) mass is 377 g/mol. The highest BCUT2D eigenvalue weighted by atomic mass is 16.7. The molecule has 1 fully saturated rings. The molecule has 0 radical (unpaired) electrons. The molecule has 1 saturated heterocycles.